The van der Waals surface area contributed by atoms with Crippen LogP contribution >= 0.6 is 11.3 Å². The number of aryl methyl sites for hydroxylation is 1. The highest BCUT2D eigenvalue weighted by Crippen LogP contribution is 2.39. The Morgan fingerprint density at radius 1 is 1.29 bits per heavy atom. The van der Waals surface area contributed by atoms with Crippen LogP contribution in [0, 0.1) is 5.92 Å². The van der Waals surface area contributed by atoms with Crippen LogP contribution in [0.5, 0.6) is 0 Å². The van der Waals surface area contributed by atoms with Crippen LogP contribution in [-0.4, -0.2) is 28.3 Å². The van der Waals surface area contributed by atoms with E-state index in [1.165, 1.54) is 4.88 Å². The fourth-order valence-electron chi connectivity index (χ4n) is 2.98. The van der Waals surface area contributed by atoms with Crippen molar-refractivity contribution < 1.29 is 9.59 Å². The number of thiophene rings is 1. The summed E-state index contributed by atoms with van der Waals surface area (Å²) in [7, 11) is 0. The molecule has 0 radical (unpaired) electrons. The predicted octanol–water partition coefficient (Wildman–Crippen LogP) is 2.33. The maximum absolute atomic E-state index is 12.7. The minimum Gasteiger partial charge on any atom is -0.340 e. The van der Waals surface area contributed by atoms with Gasteiger partial charge in [-0.25, -0.2) is 0 Å². The number of hydrogen-bond acceptors (Lipinski definition) is 3. The first-order valence-electron chi connectivity index (χ1n) is 7.63. The van der Waals surface area contributed by atoms with Crippen LogP contribution < -0.4 is 5.32 Å². The van der Waals surface area contributed by atoms with Gasteiger partial charge in [-0.15, -0.1) is 11.3 Å². The lowest BCUT2D eigenvalue weighted by Gasteiger charge is -2.43. The van der Waals surface area contributed by atoms with Gasteiger partial charge in [0.15, 0.2) is 0 Å². The fraction of sp³-hybridized carbons (Fsp3) is 0.625. The molecule has 1 atom stereocenters. The van der Waals surface area contributed by atoms with Crippen molar-refractivity contribution in [3.8, 4) is 0 Å². The van der Waals surface area contributed by atoms with Crippen molar-refractivity contribution in [2.45, 2.75) is 58.2 Å². The topological polar surface area (TPSA) is 49.4 Å². The zero-order valence-electron chi connectivity index (χ0n) is 12.8. The smallest absolute Gasteiger partial charge is 0.248 e. The second-order valence-corrected chi connectivity index (χ2v) is 7.80. The van der Waals surface area contributed by atoms with E-state index < -0.39 is 5.54 Å². The minimum absolute atomic E-state index is 0.00868. The molecule has 1 unspecified atom stereocenters. The maximum Gasteiger partial charge on any atom is 0.248 e. The SMILES string of the molecule is CCc1ccc(CN2C(=O)C(C)(C)NC(=O)C2C2CC2)s1. The van der Waals surface area contributed by atoms with Crippen molar-refractivity contribution in [2.75, 3.05) is 0 Å². The van der Waals surface area contributed by atoms with E-state index in [0.717, 1.165) is 24.1 Å². The molecule has 0 spiro atoms. The van der Waals surface area contributed by atoms with Gasteiger partial charge in [-0.05, 0) is 51.2 Å². The molecule has 2 fully saturated rings. The van der Waals surface area contributed by atoms with Gasteiger partial charge in [0, 0.05) is 9.75 Å². The average Bonchev–Trinajstić information content (AvgIpc) is 3.13. The average molecular weight is 306 g/mol. The number of nitrogens with zero attached hydrogens (tertiary/aromatic N) is 1. The van der Waals surface area contributed by atoms with E-state index >= 15 is 0 Å². The van der Waals surface area contributed by atoms with Gasteiger partial charge in [-0.1, -0.05) is 6.92 Å². The molecular weight excluding hydrogens is 284 g/mol. The van der Waals surface area contributed by atoms with Crippen molar-refractivity contribution >= 4 is 23.2 Å². The number of hydrogen-bond donors (Lipinski definition) is 1. The van der Waals surface area contributed by atoms with Crippen molar-refractivity contribution in [2.24, 2.45) is 5.92 Å². The van der Waals surface area contributed by atoms with Gasteiger partial charge in [0.05, 0.1) is 6.54 Å². The first-order valence-corrected chi connectivity index (χ1v) is 8.44. The third kappa shape index (κ3) is 2.71. The molecule has 1 N–H and O–H groups in total. The van der Waals surface area contributed by atoms with Crippen molar-refractivity contribution in [3.63, 3.8) is 0 Å². The summed E-state index contributed by atoms with van der Waals surface area (Å²) >= 11 is 1.74. The second kappa shape index (κ2) is 5.13. The molecule has 3 rings (SSSR count). The highest BCUT2D eigenvalue weighted by molar-refractivity contribution is 7.11. The minimum atomic E-state index is -0.798. The Hall–Kier alpha value is -1.36. The summed E-state index contributed by atoms with van der Waals surface area (Å²) in [4.78, 5) is 29.4. The summed E-state index contributed by atoms with van der Waals surface area (Å²) in [6, 6.07) is 3.92. The van der Waals surface area contributed by atoms with Crippen molar-refractivity contribution in [1.29, 1.82) is 0 Å². The zero-order chi connectivity index (χ0) is 15.2. The zero-order valence-corrected chi connectivity index (χ0v) is 13.6. The molecule has 1 aromatic rings. The lowest BCUT2D eigenvalue weighted by atomic mass is 9.94. The van der Waals surface area contributed by atoms with Gasteiger partial charge in [-0.2, -0.15) is 0 Å². The summed E-state index contributed by atoms with van der Waals surface area (Å²) in [5, 5.41) is 2.88. The van der Waals surface area contributed by atoms with Crippen molar-refractivity contribution in [1.82, 2.24) is 10.2 Å². The molecular formula is C16H22N2O2S. The Morgan fingerprint density at radius 3 is 2.52 bits per heavy atom. The molecule has 1 aliphatic heterocycles. The van der Waals surface area contributed by atoms with E-state index in [1.807, 2.05) is 4.90 Å². The molecule has 4 nitrogen and oxygen atoms in total. The Balaban J connectivity index is 1.86. The quantitative estimate of drug-likeness (QED) is 0.928. The standard InChI is InChI=1S/C16H22N2O2S/c1-4-11-7-8-12(21-11)9-18-13(10-5-6-10)14(19)17-16(2,3)15(18)20/h7-8,10,13H,4-6,9H2,1-3H3,(H,17,19). The number of piperazine rings is 1. The fourth-order valence-corrected chi connectivity index (χ4v) is 3.94. The van der Waals surface area contributed by atoms with Crippen LogP contribution in [0.4, 0.5) is 0 Å². The summed E-state index contributed by atoms with van der Waals surface area (Å²) in [5.41, 5.74) is -0.798. The van der Waals surface area contributed by atoms with Gasteiger partial charge >= 0.3 is 0 Å². The second-order valence-electron chi connectivity index (χ2n) is 6.55. The molecule has 0 bridgehead atoms. The first-order chi connectivity index (χ1) is 9.92. The van der Waals surface area contributed by atoms with E-state index in [-0.39, 0.29) is 17.9 Å². The lowest BCUT2D eigenvalue weighted by molar-refractivity contribution is -0.155. The molecule has 1 aromatic heterocycles. The summed E-state index contributed by atoms with van der Waals surface area (Å²) in [6.45, 7) is 6.26. The molecule has 2 heterocycles. The van der Waals surface area contributed by atoms with Crippen LogP contribution in [0.25, 0.3) is 0 Å². The van der Waals surface area contributed by atoms with E-state index in [2.05, 4.69) is 24.4 Å². The molecule has 21 heavy (non-hydrogen) atoms. The number of nitrogens with one attached hydrogen (secondary N) is 1. The Labute approximate surface area is 129 Å². The molecule has 5 heteroatoms. The van der Waals surface area contributed by atoms with Crippen molar-refractivity contribution in [3.05, 3.63) is 21.9 Å². The highest BCUT2D eigenvalue weighted by Gasteiger charge is 2.50. The van der Waals surface area contributed by atoms with Gasteiger partial charge < -0.3 is 10.2 Å². The van der Waals surface area contributed by atoms with Crippen LogP contribution in [0.3, 0.4) is 0 Å². The molecule has 2 amide bonds. The number of carbonyl (C=O) groups is 2. The maximum atomic E-state index is 12.7. The van der Waals surface area contributed by atoms with E-state index in [9.17, 15) is 9.59 Å². The molecule has 1 saturated heterocycles. The number of amides is 2. The van der Waals surface area contributed by atoms with Crippen LogP contribution in [0.2, 0.25) is 0 Å². The molecule has 1 aliphatic carbocycles. The van der Waals surface area contributed by atoms with Crippen LogP contribution in [-0.2, 0) is 22.6 Å². The number of carbonyl (C=O) groups excluding carboxylic acids is 2. The Kier molecular flexibility index (Phi) is 3.56. The van der Waals surface area contributed by atoms with Crippen LogP contribution in [0.15, 0.2) is 12.1 Å². The van der Waals surface area contributed by atoms with E-state index in [1.54, 1.807) is 25.2 Å². The number of rotatable bonds is 4. The summed E-state index contributed by atoms with van der Waals surface area (Å²) in [6.07, 6.45) is 3.11. The summed E-state index contributed by atoms with van der Waals surface area (Å²) in [5.74, 6) is 0.385. The van der Waals surface area contributed by atoms with Gasteiger partial charge in [0.25, 0.3) is 0 Å². The third-order valence-corrected chi connectivity index (χ3v) is 5.51. The van der Waals surface area contributed by atoms with Gasteiger partial charge in [0.2, 0.25) is 11.8 Å². The molecule has 114 valence electrons. The van der Waals surface area contributed by atoms with E-state index in [4.69, 9.17) is 0 Å². The first kappa shape index (κ1) is 14.6. The van der Waals surface area contributed by atoms with Crippen LogP contribution in [0.1, 0.15) is 43.4 Å². The molecule has 0 aromatic carbocycles. The molecule has 2 aliphatic rings. The lowest BCUT2D eigenvalue weighted by Crippen LogP contribution is -2.68. The Bertz CT molecular complexity index is 575. The van der Waals surface area contributed by atoms with Gasteiger partial charge in [-0.3, -0.25) is 9.59 Å². The molecule has 1 saturated carbocycles. The third-order valence-electron chi connectivity index (χ3n) is 4.30. The van der Waals surface area contributed by atoms with Gasteiger partial charge in [0.1, 0.15) is 11.6 Å². The largest absolute Gasteiger partial charge is 0.340 e. The van der Waals surface area contributed by atoms with E-state index in [0.29, 0.717) is 12.5 Å². The predicted molar refractivity (Wildman–Crippen MR) is 83.0 cm³/mol. The Morgan fingerprint density at radius 2 is 1.95 bits per heavy atom. The monoisotopic (exact) mass is 306 g/mol. The summed E-state index contributed by atoms with van der Waals surface area (Å²) < 4.78 is 0. The normalized spacial score (nSPS) is 25.1. The highest BCUT2D eigenvalue weighted by atomic mass is 32.1.